The van der Waals surface area contributed by atoms with Gasteiger partial charge in [0.05, 0.1) is 5.69 Å². The van der Waals surface area contributed by atoms with Gasteiger partial charge in [-0.3, -0.25) is 4.90 Å². The average Bonchev–Trinajstić information content (AvgIpc) is 2.04. The molecule has 0 unspecified atom stereocenters. The molecule has 1 aromatic rings. The highest BCUT2D eigenvalue weighted by atomic mass is 15.1. The Morgan fingerprint density at radius 2 is 2.00 bits per heavy atom. The summed E-state index contributed by atoms with van der Waals surface area (Å²) in [5, 5.41) is 8.59. The van der Waals surface area contributed by atoms with Gasteiger partial charge in [-0.25, -0.2) is 0 Å². The molecule has 0 aliphatic carbocycles. The number of nitrogens with zero attached hydrogens (tertiary/aromatic N) is 2. The van der Waals surface area contributed by atoms with E-state index in [0.717, 1.165) is 11.3 Å². The number of para-hydroxylation sites is 1. The lowest BCUT2D eigenvalue weighted by molar-refractivity contribution is 1.18. The molecule has 2 heteroatoms. The van der Waals surface area contributed by atoms with Gasteiger partial charge >= 0.3 is 0 Å². The fourth-order valence-corrected chi connectivity index (χ4v) is 0.994. The van der Waals surface area contributed by atoms with Crippen LogP contribution in [0.25, 0.3) is 0 Å². The Morgan fingerprint density at radius 1 is 1.36 bits per heavy atom. The number of hydrogen-bond acceptors (Lipinski definition) is 2. The number of anilines is 1. The molecule has 0 heterocycles. The third-order valence-electron chi connectivity index (χ3n) is 1.63. The SMILES string of the molecule is Cc1ccccc1N(C)C#N. The normalized spacial score (nSPS) is 8.82. The highest BCUT2D eigenvalue weighted by Crippen LogP contribution is 2.16. The van der Waals surface area contributed by atoms with Gasteiger partial charge in [0.15, 0.2) is 6.19 Å². The first-order chi connectivity index (χ1) is 5.25. The van der Waals surface area contributed by atoms with E-state index in [1.807, 2.05) is 31.2 Å². The Morgan fingerprint density at radius 3 is 2.55 bits per heavy atom. The third kappa shape index (κ3) is 1.50. The molecule has 1 rings (SSSR count). The first-order valence-corrected chi connectivity index (χ1v) is 3.45. The van der Waals surface area contributed by atoms with E-state index in [2.05, 4.69) is 6.19 Å². The van der Waals surface area contributed by atoms with Crippen molar-refractivity contribution in [1.29, 1.82) is 5.26 Å². The molecule has 0 saturated heterocycles. The van der Waals surface area contributed by atoms with Crippen molar-refractivity contribution in [3.05, 3.63) is 29.8 Å². The van der Waals surface area contributed by atoms with Crippen molar-refractivity contribution < 1.29 is 0 Å². The van der Waals surface area contributed by atoms with Crippen molar-refractivity contribution in [2.45, 2.75) is 6.92 Å². The second-order valence-electron chi connectivity index (χ2n) is 2.45. The first kappa shape index (κ1) is 7.62. The Balaban J connectivity index is 3.05. The average molecular weight is 146 g/mol. The van der Waals surface area contributed by atoms with E-state index in [1.54, 1.807) is 11.9 Å². The van der Waals surface area contributed by atoms with E-state index in [4.69, 9.17) is 5.26 Å². The largest absolute Gasteiger partial charge is 0.282 e. The molecule has 0 atom stereocenters. The summed E-state index contributed by atoms with van der Waals surface area (Å²) in [6.45, 7) is 1.99. The Hall–Kier alpha value is -1.49. The van der Waals surface area contributed by atoms with Gasteiger partial charge in [0, 0.05) is 7.05 Å². The van der Waals surface area contributed by atoms with Gasteiger partial charge in [0.2, 0.25) is 0 Å². The van der Waals surface area contributed by atoms with Crippen LogP contribution < -0.4 is 4.90 Å². The molecule has 11 heavy (non-hydrogen) atoms. The van der Waals surface area contributed by atoms with Crippen molar-refractivity contribution in [3.63, 3.8) is 0 Å². The molecular formula is C9H10N2. The van der Waals surface area contributed by atoms with Crippen LogP contribution in [-0.2, 0) is 0 Å². The molecule has 0 aliphatic heterocycles. The molecule has 0 aliphatic rings. The molecule has 56 valence electrons. The van der Waals surface area contributed by atoms with E-state index in [-0.39, 0.29) is 0 Å². The fraction of sp³-hybridized carbons (Fsp3) is 0.222. The molecule has 0 aromatic heterocycles. The van der Waals surface area contributed by atoms with E-state index < -0.39 is 0 Å². The molecule has 2 nitrogen and oxygen atoms in total. The van der Waals surface area contributed by atoms with Crippen LogP contribution in [0.2, 0.25) is 0 Å². The second kappa shape index (κ2) is 3.07. The lowest BCUT2D eigenvalue weighted by Gasteiger charge is -2.10. The van der Waals surface area contributed by atoms with Crippen LogP contribution in [0.3, 0.4) is 0 Å². The minimum Gasteiger partial charge on any atom is -0.282 e. The van der Waals surface area contributed by atoms with Crippen molar-refractivity contribution in [2.24, 2.45) is 0 Å². The molecule has 0 spiro atoms. The van der Waals surface area contributed by atoms with E-state index >= 15 is 0 Å². The number of aryl methyl sites for hydroxylation is 1. The van der Waals surface area contributed by atoms with Gasteiger partial charge < -0.3 is 0 Å². The summed E-state index contributed by atoms with van der Waals surface area (Å²) < 4.78 is 0. The molecule has 1 aromatic carbocycles. The van der Waals surface area contributed by atoms with Crippen LogP contribution in [0.4, 0.5) is 5.69 Å². The van der Waals surface area contributed by atoms with Crippen molar-refractivity contribution in [1.82, 2.24) is 0 Å². The molecule has 0 fully saturated rings. The zero-order chi connectivity index (χ0) is 8.27. The molecule has 0 amide bonds. The molecule has 0 bridgehead atoms. The Kier molecular flexibility index (Phi) is 2.12. The third-order valence-corrected chi connectivity index (χ3v) is 1.63. The van der Waals surface area contributed by atoms with Gasteiger partial charge in [0.25, 0.3) is 0 Å². The highest BCUT2D eigenvalue weighted by molar-refractivity contribution is 5.55. The maximum absolute atomic E-state index is 8.59. The van der Waals surface area contributed by atoms with Crippen LogP contribution in [0.5, 0.6) is 0 Å². The maximum Gasteiger partial charge on any atom is 0.184 e. The standard InChI is InChI=1S/C9H10N2/c1-8-5-3-4-6-9(8)11(2)7-10/h3-6H,1-2H3. The number of benzene rings is 1. The predicted octanol–water partition coefficient (Wildman–Crippen LogP) is 1.91. The molecule has 0 radical (unpaired) electrons. The Bertz CT molecular complexity index is 286. The molecular weight excluding hydrogens is 136 g/mol. The highest BCUT2D eigenvalue weighted by Gasteiger charge is 1.99. The minimum absolute atomic E-state index is 0.968. The number of nitriles is 1. The quantitative estimate of drug-likeness (QED) is 0.447. The van der Waals surface area contributed by atoms with Crippen LogP contribution in [-0.4, -0.2) is 7.05 Å². The summed E-state index contributed by atoms with van der Waals surface area (Å²) in [7, 11) is 1.75. The van der Waals surface area contributed by atoms with E-state index in [0.29, 0.717) is 0 Å². The van der Waals surface area contributed by atoms with Crippen LogP contribution in [0.15, 0.2) is 24.3 Å². The van der Waals surface area contributed by atoms with Crippen molar-refractivity contribution in [2.75, 3.05) is 11.9 Å². The lowest BCUT2D eigenvalue weighted by Crippen LogP contribution is -2.08. The monoisotopic (exact) mass is 146 g/mol. The van der Waals surface area contributed by atoms with Gasteiger partial charge in [-0.2, -0.15) is 5.26 Å². The smallest absolute Gasteiger partial charge is 0.184 e. The first-order valence-electron chi connectivity index (χ1n) is 3.45. The van der Waals surface area contributed by atoms with Gasteiger partial charge in [0.1, 0.15) is 0 Å². The van der Waals surface area contributed by atoms with E-state index in [1.165, 1.54) is 0 Å². The molecule has 0 saturated carbocycles. The zero-order valence-corrected chi connectivity index (χ0v) is 6.70. The molecule has 0 N–H and O–H groups in total. The van der Waals surface area contributed by atoms with Crippen LogP contribution in [0.1, 0.15) is 5.56 Å². The maximum atomic E-state index is 8.59. The zero-order valence-electron chi connectivity index (χ0n) is 6.70. The van der Waals surface area contributed by atoms with Crippen molar-refractivity contribution in [3.8, 4) is 6.19 Å². The summed E-state index contributed by atoms with van der Waals surface area (Å²) >= 11 is 0. The second-order valence-corrected chi connectivity index (χ2v) is 2.45. The van der Waals surface area contributed by atoms with Crippen molar-refractivity contribution >= 4 is 5.69 Å². The van der Waals surface area contributed by atoms with Gasteiger partial charge in [-0.15, -0.1) is 0 Å². The fourth-order valence-electron chi connectivity index (χ4n) is 0.994. The van der Waals surface area contributed by atoms with Crippen LogP contribution >= 0.6 is 0 Å². The lowest BCUT2D eigenvalue weighted by atomic mass is 10.2. The number of rotatable bonds is 1. The van der Waals surface area contributed by atoms with Gasteiger partial charge in [-0.1, -0.05) is 18.2 Å². The van der Waals surface area contributed by atoms with Crippen LogP contribution in [0, 0.1) is 18.4 Å². The topological polar surface area (TPSA) is 27.0 Å². The predicted molar refractivity (Wildman–Crippen MR) is 45.2 cm³/mol. The summed E-state index contributed by atoms with van der Waals surface area (Å²) in [6, 6.07) is 7.81. The summed E-state index contributed by atoms with van der Waals surface area (Å²) in [6.07, 6.45) is 2.06. The Labute approximate surface area is 66.7 Å². The number of hydrogen-bond donors (Lipinski definition) is 0. The minimum atomic E-state index is 0.968. The summed E-state index contributed by atoms with van der Waals surface area (Å²) in [4.78, 5) is 1.55. The van der Waals surface area contributed by atoms with Gasteiger partial charge in [-0.05, 0) is 18.6 Å². The summed E-state index contributed by atoms with van der Waals surface area (Å²) in [5.74, 6) is 0. The summed E-state index contributed by atoms with van der Waals surface area (Å²) in [5.41, 5.74) is 2.09. The van der Waals surface area contributed by atoms with E-state index in [9.17, 15) is 0 Å².